The topological polar surface area (TPSA) is 18.5 Å². The number of alkyl halides is 4. The number of ether oxygens (including phenoxy) is 2. The van der Waals surface area contributed by atoms with Crippen LogP contribution < -0.4 is 9.47 Å². The fraction of sp³-hybridized carbons (Fsp3) is 0.600. The molecule has 2 nitrogen and oxygen atoms in total. The van der Waals surface area contributed by atoms with Crippen molar-refractivity contribution >= 4 is 0 Å². The molecular formula is C30H38F4O2. The van der Waals surface area contributed by atoms with Gasteiger partial charge in [0.05, 0.1) is 5.56 Å². The van der Waals surface area contributed by atoms with Gasteiger partial charge in [-0.1, -0.05) is 51.2 Å². The van der Waals surface area contributed by atoms with Crippen molar-refractivity contribution in [1.29, 1.82) is 0 Å². The Morgan fingerprint density at radius 1 is 0.778 bits per heavy atom. The lowest BCUT2D eigenvalue weighted by Gasteiger charge is -2.38. The molecule has 0 unspecified atom stereocenters. The van der Waals surface area contributed by atoms with E-state index in [1.165, 1.54) is 94.2 Å². The molecule has 2 aliphatic carbocycles. The standard InChI is InChI=1S/C30H38F4O2/c1-2-3-4-21-5-7-22(8-6-21)23-9-11-24(12-10-23)25-13-15-26(16-14-25)30(33,34)36-28-19-17-27(18-20-28)35-29(31)32/h13-24,29H,2-12H2,1H3. The average Bonchev–Trinajstić information content (AvgIpc) is 2.89. The fourth-order valence-electron chi connectivity index (χ4n) is 6.21. The first-order valence-electron chi connectivity index (χ1n) is 13.6. The molecule has 0 radical (unpaired) electrons. The minimum absolute atomic E-state index is 0.112. The van der Waals surface area contributed by atoms with Crippen LogP contribution in [-0.2, 0) is 6.11 Å². The molecule has 0 saturated heterocycles. The van der Waals surface area contributed by atoms with E-state index in [-0.39, 0.29) is 17.1 Å². The zero-order chi connectivity index (χ0) is 25.5. The van der Waals surface area contributed by atoms with Crippen LogP contribution in [-0.4, -0.2) is 6.61 Å². The molecule has 4 rings (SSSR count). The molecular weight excluding hydrogens is 468 g/mol. The summed E-state index contributed by atoms with van der Waals surface area (Å²) in [4.78, 5) is 0. The maximum atomic E-state index is 14.7. The molecule has 2 aromatic rings. The van der Waals surface area contributed by atoms with E-state index in [9.17, 15) is 17.6 Å². The summed E-state index contributed by atoms with van der Waals surface area (Å²) in [5.74, 6) is 2.83. The van der Waals surface area contributed by atoms with Crippen molar-refractivity contribution in [1.82, 2.24) is 0 Å². The number of rotatable bonds is 10. The van der Waals surface area contributed by atoms with E-state index in [1.54, 1.807) is 12.1 Å². The molecule has 0 amide bonds. The van der Waals surface area contributed by atoms with Gasteiger partial charge in [0.25, 0.3) is 0 Å². The van der Waals surface area contributed by atoms with Crippen molar-refractivity contribution in [2.75, 3.05) is 0 Å². The Hall–Kier alpha value is -2.24. The minimum atomic E-state index is -3.53. The van der Waals surface area contributed by atoms with E-state index in [1.807, 2.05) is 0 Å². The zero-order valence-corrected chi connectivity index (χ0v) is 21.1. The van der Waals surface area contributed by atoms with Gasteiger partial charge in [0.2, 0.25) is 0 Å². The molecule has 2 aliphatic rings. The van der Waals surface area contributed by atoms with Gasteiger partial charge >= 0.3 is 12.7 Å². The summed E-state index contributed by atoms with van der Waals surface area (Å²) in [7, 11) is 0. The van der Waals surface area contributed by atoms with Crippen molar-refractivity contribution in [3.8, 4) is 11.5 Å². The summed E-state index contributed by atoms with van der Waals surface area (Å²) in [6, 6.07) is 11.2. The van der Waals surface area contributed by atoms with Gasteiger partial charge < -0.3 is 9.47 Å². The Morgan fingerprint density at radius 3 is 1.89 bits per heavy atom. The fourth-order valence-corrected chi connectivity index (χ4v) is 6.21. The summed E-state index contributed by atoms with van der Waals surface area (Å²) in [6.45, 7) is -0.697. The molecule has 0 bridgehead atoms. The summed E-state index contributed by atoms with van der Waals surface area (Å²) < 4.78 is 63.0. The van der Waals surface area contributed by atoms with E-state index in [0.29, 0.717) is 5.92 Å². The largest absolute Gasteiger partial charge is 0.435 e. The second-order valence-electron chi connectivity index (χ2n) is 10.6. The minimum Gasteiger partial charge on any atom is -0.435 e. The van der Waals surface area contributed by atoms with Crippen LogP contribution in [0.5, 0.6) is 11.5 Å². The van der Waals surface area contributed by atoms with Crippen LogP contribution in [0.3, 0.4) is 0 Å². The third kappa shape index (κ3) is 7.17. The van der Waals surface area contributed by atoms with Gasteiger partial charge in [0.15, 0.2) is 0 Å². The highest BCUT2D eigenvalue weighted by atomic mass is 19.3. The Balaban J connectivity index is 1.26. The van der Waals surface area contributed by atoms with E-state index in [4.69, 9.17) is 4.74 Å². The maximum absolute atomic E-state index is 14.7. The normalized spacial score (nSPS) is 25.1. The second kappa shape index (κ2) is 12.3. The van der Waals surface area contributed by atoms with Crippen LogP contribution in [0.25, 0.3) is 0 Å². The van der Waals surface area contributed by atoms with E-state index in [2.05, 4.69) is 11.7 Å². The third-order valence-electron chi connectivity index (χ3n) is 8.31. The van der Waals surface area contributed by atoms with Crippen LogP contribution >= 0.6 is 0 Å². The SMILES string of the molecule is CCCCC1CCC(C2CCC(c3ccc(C(F)(F)Oc4ccc(OC(F)F)cc4)cc3)CC2)CC1. The van der Waals surface area contributed by atoms with Crippen molar-refractivity contribution in [3.63, 3.8) is 0 Å². The molecule has 36 heavy (non-hydrogen) atoms. The van der Waals surface area contributed by atoms with Crippen molar-refractivity contribution in [2.24, 2.45) is 17.8 Å². The lowest BCUT2D eigenvalue weighted by Crippen LogP contribution is -2.25. The van der Waals surface area contributed by atoms with Gasteiger partial charge in [-0.25, -0.2) is 0 Å². The first-order valence-corrected chi connectivity index (χ1v) is 13.6. The predicted molar refractivity (Wildman–Crippen MR) is 134 cm³/mol. The van der Waals surface area contributed by atoms with Crippen molar-refractivity contribution in [3.05, 3.63) is 59.7 Å². The van der Waals surface area contributed by atoms with Gasteiger partial charge in [-0.15, -0.1) is 0 Å². The second-order valence-corrected chi connectivity index (χ2v) is 10.6. The molecule has 2 aromatic carbocycles. The van der Waals surface area contributed by atoms with Crippen LogP contribution in [0.1, 0.15) is 94.6 Å². The lowest BCUT2D eigenvalue weighted by molar-refractivity contribution is -0.185. The van der Waals surface area contributed by atoms with Crippen molar-refractivity contribution in [2.45, 2.75) is 96.2 Å². The molecule has 0 N–H and O–H groups in total. The molecule has 2 saturated carbocycles. The van der Waals surface area contributed by atoms with Crippen LogP contribution in [0, 0.1) is 17.8 Å². The smallest absolute Gasteiger partial charge is 0.426 e. The lowest BCUT2D eigenvalue weighted by atomic mass is 9.68. The van der Waals surface area contributed by atoms with Gasteiger partial charge in [-0.05, 0) is 104 Å². The zero-order valence-electron chi connectivity index (χ0n) is 21.1. The van der Waals surface area contributed by atoms with Gasteiger partial charge in [-0.3, -0.25) is 0 Å². The van der Waals surface area contributed by atoms with Crippen LogP contribution in [0.2, 0.25) is 0 Å². The summed E-state index contributed by atoms with van der Waals surface area (Å²) >= 11 is 0. The number of halogens is 4. The van der Waals surface area contributed by atoms with Crippen LogP contribution in [0.15, 0.2) is 48.5 Å². The number of hydrogen-bond acceptors (Lipinski definition) is 2. The van der Waals surface area contributed by atoms with Gasteiger partial charge in [0.1, 0.15) is 11.5 Å². The summed E-state index contributed by atoms with van der Waals surface area (Å²) in [6.07, 6.45) is 10.8. The molecule has 6 heteroatoms. The Kier molecular flexibility index (Phi) is 9.19. The van der Waals surface area contributed by atoms with Gasteiger partial charge in [0, 0.05) is 0 Å². The third-order valence-corrected chi connectivity index (χ3v) is 8.31. The van der Waals surface area contributed by atoms with E-state index >= 15 is 0 Å². The molecule has 0 aliphatic heterocycles. The van der Waals surface area contributed by atoms with Gasteiger partial charge in [-0.2, -0.15) is 17.6 Å². The molecule has 198 valence electrons. The van der Waals surface area contributed by atoms with Crippen molar-refractivity contribution < 1.29 is 27.0 Å². The molecule has 0 heterocycles. The Morgan fingerprint density at radius 2 is 1.33 bits per heavy atom. The maximum Gasteiger partial charge on any atom is 0.426 e. The molecule has 0 aromatic heterocycles. The molecule has 0 atom stereocenters. The van der Waals surface area contributed by atoms with Crippen LogP contribution in [0.4, 0.5) is 17.6 Å². The first-order chi connectivity index (χ1) is 17.3. The Bertz CT molecular complexity index is 913. The van der Waals surface area contributed by atoms with E-state index < -0.39 is 12.7 Å². The Labute approximate surface area is 212 Å². The highest BCUT2D eigenvalue weighted by Gasteiger charge is 2.35. The van der Waals surface area contributed by atoms with E-state index in [0.717, 1.165) is 36.2 Å². The quantitative estimate of drug-likeness (QED) is 0.299. The predicted octanol–water partition coefficient (Wildman–Crippen LogP) is 9.69. The first kappa shape index (κ1) is 26.8. The highest BCUT2D eigenvalue weighted by Crippen LogP contribution is 2.45. The number of hydrogen-bond donors (Lipinski definition) is 0. The number of unbranched alkanes of at least 4 members (excludes halogenated alkanes) is 1. The molecule has 0 spiro atoms. The summed E-state index contributed by atoms with van der Waals surface area (Å²) in [5.41, 5.74) is 0.887. The average molecular weight is 507 g/mol. The monoisotopic (exact) mass is 506 g/mol. The highest BCUT2D eigenvalue weighted by molar-refractivity contribution is 5.33. The molecule has 2 fully saturated rings. The summed E-state index contributed by atoms with van der Waals surface area (Å²) in [5, 5.41) is 0. The number of benzene rings is 2.